The molecule has 11 heteroatoms. The summed E-state index contributed by atoms with van der Waals surface area (Å²) >= 11 is 3.46. The van der Waals surface area contributed by atoms with E-state index in [1.165, 1.54) is 18.1 Å². The van der Waals surface area contributed by atoms with Crippen LogP contribution >= 0.6 is 23.5 Å². The SMILES string of the molecule is COc1ccc(OC)c(Sc2nc3c(N)ncnc3n2CCC(NC(=O)CC(C)(C)C)C2CCSCC2)c1. The monoisotopic (exact) mass is 558 g/mol. The summed E-state index contributed by atoms with van der Waals surface area (Å²) in [6.45, 7) is 6.91. The fourth-order valence-corrected chi connectivity index (χ4v) is 6.92. The van der Waals surface area contributed by atoms with E-state index in [-0.39, 0.29) is 17.4 Å². The Bertz CT molecular complexity index is 1250. The molecule has 1 atom stereocenters. The Morgan fingerprint density at radius 3 is 2.68 bits per heavy atom. The molecule has 1 amide bonds. The number of thioether (sulfide) groups is 1. The van der Waals surface area contributed by atoms with Crippen LogP contribution in [-0.4, -0.2) is 57.2 Å². The quantitative estimate of drug-likeness (QED) is 0.353. The first kappa shape index (κ1) is 28.4. The molecule has 0 aliphatic carbocycles. The van der Waals surface area contributed by atoms with Crippen LogP contribution in [-0.2, 0) is 11.3 Å². The van der Waals surface area contributed by atoms with E-state index in [2.05, 4.69) is 40.6 Å². The summed E-state index contributed by atoms with van der Waals surface area (Å²) in [7, 11) is 3.28. The van der Waals surface area contributed by atoms with Crippen molar-refractivity contribution in [3.8, 4) is 11.5 Å². The molecule has 1 aromatic carbocycles. The van der Waals surface area contributed by atoms with Gasteiger partial charge in [-0.2, -0.15) is 11.8 Å². The Labute approximate surface area is 233 Å². The number of nitrogens with zero attached hydrogens (tertiary/aromatic N) is 4. The zero-order chi connectivity index (χ0) is 27.3. The number of methoxy groups -OCH3 is 2. The number of carbonyl (C=O) groups is 1. The summed E-state index contributed by atoms with van der Waals surface area (Å²) in [6, 6.07) is 5.75. The molecule has 2 aromatic heterocycles. The Balaban J connectivity index is 1.64. The molecule has 4 rings (SSSR count). The van der Waals surface area contributed by atoms with Crippen molar-refractivity contribution in [1.29, 1.82) is 0 Å². The van der Waals surface area contributed by atoms with Gasteiger partial charge in [-0.25, -0.2) is 15.0 Å². The van der Waals surface area contributed by atoms with E-state index in [9.17, 15) is 4.79 Å². The highest BCUT2D eigenvalue weighted by molar-refractivity contribution is 7.99. The van der Waals surface area contributed by atoms with Gasteiger partial charge in [0.25, 0.3) is 0 Å². The van der Waals surface area contributed by atoms with Gasteiger partial charge in [-0.05, 0) is 72.1 Å². The van der Waals surface area contributed by atoms with Crippen molar-refractivity contribution >= 4 is 46.4 Å². The van der Waals surface area contributed by atoms with E-state index in [0.717, 1.165) is 52.3 Å². The molecular formula is C27H38N6O3S2. The van der Waals surface area contributed by atoms with Gasteiger partial charge in [0.15, 0.2) is 22.1 Å². The van der Waals surface area contributed by atoms with Crippen LogP contribution in [0.15, 0.2) is 34.6 Å². The largest absolute Gasteiger partial charge is 0.497 e. The Morgan fingerprint density at radius 1 is 1.24 bits per heavy atom. The highest BCUT2D eigenvalue weighted by Gasteiger charge is 2.28. The van der Waals surface area contributed by atoms with Crippen LogP contribution in [0.3, 0.4) is 0 Å². The number of amides is 1. The minimum Gasteiger partial charge on any atom is -0.497 e. The summed E-state index contributed by atoms with van der Waals surface area (Å²) < 4.78 is 13.1. The number of imidazole rings is 1. The number of fused-ring (bicyclic) bond motifs is 1. The lowest BCUT2D eigenvalue weighted by atomic mass is 9.89. The first-order chi connectivity index (χ1) is 18.2. The zero-order valence-electron chi connectivity index (χ0n) is 22.8. The predicted molar refractivity (Wildman–Crippen MR) is 154 cm³/mol. The second-order valence-electron chi connectivity index (χ2n) is 10.7. The van der Waals surface area contributed by atoms with Crippen LogP contribution in [0.2, 0.25) is 0 Å². The summed E-state index contributed by atoms with van der Waals surface area (Å²) in [4.78, 5) is 27.3. The average Bonchev–Trinajstić information content (AvgIpc) is 3.24. The van der Waals surface area contributed by atoms with Crippen molar-refractivity contribution in [3.63, 3.8) is 0 Å². The van der Waals surface area contributed by atoms with Crippen molar-refractivity contribution in [2.75, 3.05) is 31.5 Å². The molecule has 1 fully saturated rings. The number of benzene rings is 1. The van der Waals surface area contributed by atoms with Crippen LogP contribution in [0.5, 0.6) is 11.5 Å². The normalized spacial score (nSPS) is 15.4. The van der Waals surface area contributed by atoms with Gasteiger partial charge in [0.05, 0.1) is 19.1 Å². The summed E-state index contributed by atoms with van der Waals surface area (Å²) in [5.74, 6) is 4.61. The first-order valence-electron chi connectivity index (χ1n) is 12.9. The highest BCUT2D eigenvalue weighted by atomic mass is 32.2. The van der Waals surface area contributed by atoms with Gasteiger partial charge < -0.3 is 25.1 Å². The number of nitrogens with one attached hydrogen (secondary N) is 1. The molecule has 0 saturated carbocycles. The van der Waals surface area contributed by atoms with Gasteiger partial charge >= 0.3 is 0 Å². The summed E-state index contributed by atoms with van der Waals surface area (Å²) in [5, 5.41) is 4.12. The Morgan fingerprint density at radius 2 is 2.00 bits per heavy atom. The van der Waals surface area contributed by atoms with Gasteiger partial charge in [-0.15, -0.1) is 0 Å². The smallest absolute Gasteiger partial charge is 0.220 e. The molecule has 3 aromatic rings. The minimum absolute atomic E-state index is 0.0638. The molecule has 0 spiro atoms. The highest BCUT2D eigenvalue weighted by Crippen LogP contribution is 2.39. The van der Waals surface area contributed by atoms with Gasteiger partial charge in [-0.3, -0.25) is 4.79 Å². The Kier molecular flexibility index (Phi) is 9.30. The standard InChI is InChI=1S/C27H38N6O3S2/c1-27(2,3)15-22(34)31-19(17-9-12-37-13-10-17)8-11-33-25-23(24(28)29-16-30-25)32-26(33)38-21-14-18(35-4)6-7-20(21)36-5/h6-7,14,16-17,19H,8-13,15H2,1-5H3,(H,31,34)(H2,28,29,30). The molecule has 0 bridgehead atoms. The van der Waals surface area contributed by atoms with E-state index >= 15 is 0 Å². The van der Waals surface area contributed by atoms with Gasteiger partial charge in [-0.1, -0.05) is 20.8 Å². The molecule has 0 radical (unpaired) electrons. The third-order valence-electron chi connectivity index (χ3n) is 6.63. The summed E-state index contributed by atoms with van der Waals surface area (Å²) in [5.41, 5.74) is 7.38. The third-order valence-corrected chi connectivity index (χ3v) is 8.72. The summed E-state index contributed by atoms with van der Waals surface area (Å²) in [6.07, 6.45) is 4.95. The average molecular weight is 559 g/mol. The van der Waals surface area contributed by atoms with E-state index < -0.39 is 0 Å². The topological polar surface area (TPSA) is 117 Å². The number of hydrogen-bond donors (Lipinski definition) is 2. The molecule has 3 N–H and O–H groups in total. The number of hydrogen-bond acceptors (Lipinski definition) is 9. The maximum absolute atomic E-state index is 13.0. The van der Waals surface area contributed by atoms with Crippen LogP contribution in [0, 0.1) is 11.3 Å². The van der Waals surface area contributed by atoms with Gasteiger partial charge in [0.1, 0.15) is 17.8 Å². The van der Waals surface area contributed by atoms with Crippen LogP contribution in [0.1, 0.15) is 46.5 Å². The van der Waals surface area contributed by atoms with Crippen molar-refractivity contribution < 1.29 is 14.3 Å². The number of nitrogens with two attached hydrogens (primary N) is 1. The second kappa shape index (κ2) is 12.5. The van der Waals surface area contributed by atoms with E-state index in [0.29, 0.717) is 35.9 Å². The fraction of sp³-hybridized carbons (Fsp3) is 0.556. The number of ether oxygens (including phenoxy) is 2. The predicted octanol–water partition coefficient (Wildman–Crippen LogP) is 5.03. The molecule has 206 valence electrons. The lowest BCUT2D eigenvalue weighted by molar-refractivity contribution is -0.124. The number of nitrogen functional groups attached to an aromatic ring is 1. The number of rotatable bonds is 10. The third kappa shape index (κ3) is 7.05. The molecule has 1 aliphatic rings. The van der Waals surface area contributed by atoms with E-state index in [1.807, 2.05) is 30.0 Å². The maximum Gasteiger partial charge on any atom is 0.220 e. The van der Waals surface area contributed by atoms with E-state index in [4.69, 9.17) is 20.2 Å². The molecule has 1 unspecified atom stereocenters. The molecular weight excluding hydrogens is 520 g/mol. The Hall–Kier alpha value is -2.66. The van der Waals surface area contributed by atoms with Crippen LogP contribution in [0.4, 0.5) is 5.82 Å². The van der Waals surface area contributed by atoms with Gasteiger partial charge in [0, 0.05) is 19.0 Å². The second-order valence-corrected chi connectivity index (χ2v) is 13.0. The number of aryl methyl sites for hydroxylation is 1. The van der Waals surface area contributed by atoms with Crippen molar-refractivity contribution in [2.24, 2.45) is 11.3 Å². The van der Waals surface area contributed by atoms with Crippen LogP contribution in [0.25, 0.3) is 11.2 Å². The lowest BCUT2D eigenvalue weighted by Crippen LogP contribution is -2.43. The van der Waals surface area contributed by atoms with Crippen molar-refractivity contribution in [1.82, 2.24) is 24.8 Å². The number of aromatic nitrogens is 4. The number of carbonyl (C=O) groups excluding carboxylic acids is 1. The van der Waals surface area contributed by atoms with Crippen LogP contribution < -0.4 is 20.5 Å². The molecule has 9 nitrogen and oxygen atoms in total. The lowest BCUT2D eigenvalue weighted by Gasteiger charge is -2.32. The molecule has 1 saturated heterocycles. The van der Waals surface area contributed by atoms with E-state index in [1.54, 1.807) is 14.2 Å². The van der Waals surface area contributed by atoms with Crippen molar-refractivity contribution in [2.45, 2.75) is 69.1 Å². The molecule has 38 heavy (non-hydrogen) atoms. The minimum atomic E-state index is -0.0638. The van der Waals surface area contributed by atoms with Crippen molar-refractivity contribution in [3.05, 3.63) is 24.5 Å². The fourth-order valence-electron chi connectivity index (χ4n) is 4.73. The van der Waals surface area contributed by atoms with Gasteiger partial charge in [0.2, 0.25) is 5.91 Å². The maximum atomic E-state index is 13.0. The molecule has 1 aliphatic heterocycles. The zero-order valence-corrected chi connectivity index (χ0v) is 24.5. The first-order valence-corrected chi connectivity index (χ1v) is 14.9. The molecule has 3 heterocycles. The number of anilines is 1.